The number of nitrogens with zero attached hydrogens (tertiary/aromatic N) is 1. The minimum absolute atomic E-state index is 0.0521. The first-order chi connectivity index (χ1) is 5.14. The van der Waals surface area contributed by atoms with Gasteiger partial charge in [-0.05, 0) is 13.1 Å². The number of aromatic amines is 1. The van der Waals surface area contributed by atoms with E-state index in [0.29, 0.717) is 5.69 Å². The molecular formula is C5H9N3O2S. The standard InChI is InChI=1S/C5H9N3O2S/c1-6-11(9,10)4-5-2-3-7-8-5/h2-3,6H,4H2,1H3,(H,7,8). The molecule has 0 amide bonds. The van der Waals surface area contributed by atoms with Crippen LogP contribution in [0.25, 0.3) is 0 Å². The molecule has 1 aromatic heterocycles. The van der Waals surface area contributed by atoms with Gasteiger partial charge < -0.3 is 0 Å². The van der Waals surface area contributed by atoms with Gasteiger partial charge in [-0.3, -0.25) is 5.10 Å². The summed E-state index contributed by atoms with van der Waals surface area (Å²) in [4.78, 5) is 0. The van der Waals surface area contributed by atoms with Crippen molar-refractivity contribution in [2.24, 2.45) is 0 Å². The normalized spacial score (nSPS) is 11.7. The third-order valence-electron chi connectivity index (χ3n) is 1.21. The average molecular weight is 175 g/mol. The Balaban J connectivity index is 2.72. The van der Waals surface area contributed by atoms with Gasteiger partial charge in [-0.2, -0.15) is 5.10 Å². The van der Waals surface area contributed by atoms with Crippen LogP contribution in [0.5, 0.6) is 0 Å². The Bertz CT molecular complexity index is 302. The van der Waals surface area contributed by atoms with Gasteiger partial charge in [-0.25, -0.2) is 13.1 Å². The average Bonchev–Trinajstić information content (AvgIpc) is 2.39. The summed E-state index contributed by atoms with van der Waals surface area (Å²) in [5.41, 5.74) is 0.583. The van der Waals surface area contributed by atoms with E-state index in [-0.39, 0.29) is 5.75 Å². The molecule has 0 aliphatic rings. The Labute approximate surface area is 64.9 Å². The molecule has 5 nitrogen and oxygen atoms in total. The zero-order valence-corrected chi connectivity index (χ0v) is 6.85. The molecule has 11 heavy (non-hydrogen) atoms. The molecule has 1 heterocycles. The fourth-order valence-corrected chi connectivity index (χ4v) is 1.36. The number of nitrogens with one attached hydrogen (secondary N) is 2. The number of hydrogen-bond donors (Lipinski definition) is 2. The van der Waals surface area contributed by atoms with Crippen molar-refractivity contribution in [3.05, 3.63) is 18.0 Å². The van der Waals surface area contributed by atoms with Crippen LogP contribution in [0.15, 0.2) is 12.3 Å². The second-order valence-corrected chi connectivity index (χ2v) is 3.97. The van der Waals surface area contributed by atoms with Gasteiger partial charge >= 0.3 is 0 Å². The van der Waals surface area contributed by atoms with Gasteiger partial charge in [0.05, 0.1) is 5.69 Å². The van der Waals surface area contributed by atoms with Crippen molar-refractivity contribution in [2.45, 2.75) is 5.75 Å². The minimum Gasteiger partial charge on any atom is -0.281 e. The quantitative estimate of drug-likeness (QED) is 0.647. The lowest BCUT2D eigenvalue weighted by Crippen LogP contribution is -2.20. The maximum Gasteiger partial charge on any atom is 0.217 e. The van der Waals surface area contributed by atoms with E-state index in [2.05, 4.69) is 14.9 Å². The van der Waals surface area contributed by atoms with E-state index in [1.807, 2.05) is 0 Å². The fourth-order valence-electron chi connectivity index (χ4n) is 0.642. The number of sulfonamides is 1. The largest absolute Gasteiger partial charge is 0.281 e. The highest BCUT2D eigenvalue weighted by Gasteiger charge is 2.08. The Kier molecular flexibility index (Phi) is 2.25. The van der Waals surface area contributed by atoms with Crippen LogP contribution in [0, 0.1) is 0 Å². The monoisotopic (exact) mass is 175 g/mol. The summed E-state index contributed by atoms with van der Waals surface area (Å²) in [6, 6.07) is 1.62. The van der Waals surface area contributed by atoms with Crippen molar-refractivity contribution >= 4 is 10.0 Å². The lowest BCUT2D eigenvalue weighted by Gasteiger charge is -1.97. The molecule has 0 saturated carbocycles. The highest BCUT2D eigenvalue weighted by atomic mass is 32.2. The summed E-state index contributed by atoms with van der Waals surface area (Å²) >= 11 is 0. The topological polar surface area (TPSA) is 74.8 Å². The molecule has 0 fully saturated rings. The van der Waals surface area contributed by atoms with Crippen molar-refractivity contribution in [3.63, 3.8) is 0 Å². The van der Waals surface area contributed by atoms with E-state index in [4.69, 9.17) is 0 Å². The Morgan fingerprint density at radius 3 is 2.91 bits per heavy atom. The molecule has 0 radical (unpaired) electrons. The van der Waals surface area contributed by atoms with Crippen LogP contribution < -0.4 is 4.72 Å². The van der Waals surface area contributed by atoms with Crippen molar-refractivity contribution in [3.8, 4) is 0 Å². The molecule has 62 valence electrons. The fraction of sp³-hybridized carbons (Fsp3) is 0.400. The van der Waals surface area contributed by atoms with Gasteiger partial charge in [0, 0.05) is 6.20 Å². The summed E-state index contributed by atoms with van der Waals surface area (Å²) in [5, 5.41) is 6.18. The first-order valence-electron chi connectivity index (χ1n) is 3.03. The van der Waals surface area contributed by atoms with Crippen molar-refractivity contribution < 1.29 is 8.42 Å². The Morgan fingerprint density at radius 1 is 1.73 bits per heavy atom. The second-order valence-electron chi connectivity index (χ2n) is 2.05. The van der Waals surface area contributed by atoms with Crippen LogP contribution in [0.2, 0.25) is 0 Å². The molecule has 0 bridgehead atoms. The first-order valence-corrected chi connectivity index (χ1v) is 4.69. The van der Waals surface area contributed by atoms with E-state index in [9.17, 15) is 8.42 Å². The molecule has 0 spiro atoms. The summed E-state index contributed by atoms with van der Waals surface area (Å²) in [7, 11) is -1.78. The van der Waals surface area contributed by atoms with Crippen LogP contribution in [-0.2, 0) is 15.8 Å². The predicted molar refractivity (Wildman–Crippen MR) is 40.3 cm³/mol. The zero-order valence-electron chi connectivity index (χ0n) is 6.03. The molecule has 0 atom stereocenters. The van der Waals surface area contributed by atoms with Gasteiger partial charge in [-0.15, -0.1) is 0 Å². The molecule has 1 rings (SSSR count). The molecule has 0 aliphatic heterocycles. The van der Waals surface area contributed by atoms with Crippen molar-refractivity contribution in [2.75, 3.05) is 7.05 Å². The second kappa shape index (κ2) is 3.02. The van der Waals surface area contributed by atoms with Crippen LogP contribution >= 0.6 is 0 Å². The van der Waals surface area contributed by atoms with Crippen LogP contribution in [0.4, 0.5) is 0 Å². The highest BCUT2D eigenvalue weighted by molar-refractivity contribution is 7.88. The molecule has 6 heteroatoms. The number of hydrogen-bond acceptors (Lipinski definition) is 3. The SMILES string of the molecule is CNS(=O)(=O)Cc1ccn[nH]1. The van der Waals surface area contributed by atoms with E-state index in [1.54, 1.807) is 6.07 Å². The Morgan fingerprint density at radius 2 is 2.45 bits per heavy atom. The maximum absolute atomic E-state index is 10.9. The molecule has 0 unspecified atom stereocenters. The van der Waals surface area contributed by atoms with Gasteiger partial charge in [0.1, 0.15) is 5.75 Å². The van der Waals surface area contributed by atoms with Gasteiger partial charge in [0.15, 0.2) is 0 Å². The molecule has 0 saturated heterocycles. The third-order valence-corrected chi connectivity index (χ3v) is 2.53. The molecular weight excluding hydrogens is 166 g/mol. The van der Waals surface area contributed by atoms with Crippen molar-refractivity contribution in [1.82, 2.24) is 14.9 Å². The zero-order chi connectivity index (χ0) is 8.32. The lowest BCUT2D eigenvalue weighted by atomic mass is 10.5. The highest BCUT2D eigenvalue weighted by Crippen LogP contribution is 1.97. The van der Waals surface area contributed by atoms with Crippen LogP contribution in [0.1, 0.15) is 5.69 Å². The smallest absolute Gasteiger partial charge is 0.217 e. The van der Waals surface area contributed by atoms with E-state index < -0.39 is 10.0 Å². The summed E-state index contributed by atoms with van der Waals surface area (Å²) < 4.78 is 24.0. The van der Waals surface area contributed by atoms with Gasteiger partial charge in [0.25, 0.3) is 0 Å². The molecule has 1 aromatic rings. The molecule has 0 aliphatic carbocycles. The van der Waals surface area contributed by atoms with Crippen molar-refractivity contribution in [1.29, 1.82) is 0 Å². The number of rotatable bonds is 3. The van der Waals surface area contributed by atoms with E-state index in [0.717, 1.165) is 0 Å². The maximum atomic E-state index is 10.9. The van der Waals surface area contributed by atoms with Crippen LogP contribution in [-0.4, -0.2) is 25.7 Å². The summed E-state index contributed by atoms with van der Waals surface area (Å²) in [6.45, 7) is 0. The third kappa shape index (κ3) is 2.32. The summed E-state index contributed by atoms with van der Waals surface area (Å²) in [6.07, 6.45) is 1.51. The Hall–Kier alpha value is -0.880. The predicted octanol–water partition coefficient (Wildman–Crippen LogP) is -0.541. The van der Waals surface area contributed by atoms with E-state index >= 15 is 0 Å². The number of aromatic nitrogens is 2. The van der Waals surface area contributed by atoms with E-state index in [1.165, 1.54) is 13.2 Å². The molecule has 2 N–H and O–H groups in total. The van der Waals surface area contributed by atoms with Crippen LogP contribution in [0.3, 0.4) is 0 Å². The summed E-state index contributed by atoms with van der Waals surface area (Å²) in [5.74, 6) is -0.0521. The number of H-pyrrole nitrogens is 1. The van der Waals surface area contributed by atoms with Gasteiger partial charge in [-0.1, -0.05) is 0 Å². The van der Waals surface area contributed by atoms with Gasteiger partial charge in [0.2, 0.25) is 10.0 Å². The minimum atomic E-state index is -3.16. The lowest BCUT2D eigenvalue weighted by molar-refractivity contribution is 0.586. The molecule has 0 aromatic carbocycles. The first kappa shape index (κ1) is 8.22.